The van der Waals surface area contributed by atoms with E-state index in [1.54, 1.807) is 0 Å². The minimum atomic E-state index is 1.09. The van der Waals surface area contributed by atoms with E-state index in [1.807, 2.05) is 11.3 Å². The third-order valence-electron chi connectivity index (χ3n) is 12.2. The standard InChI is InChI=1S/C58H38N2S/c1-2-16-45-39(14-1)15-13-22-46(45)40-28-33-43(34-29-40)59(53-23-8-4-18-48(53)42-32-37-58-52(38-42)51-21-7-12-27-57(51)61-58)44-35-30-41(31-36-44)47-17-3-9-24-54(47)60-55-25-10-5-19-49(55)50-20-6-11-26-56(50)60/h1-38H. The van der Waals surface area contributed by atoms with Gasteiger partial charge < -0.3 is 9.47 Å². The fraction of sp³-hybridized carbons (Fsp3) is 0. The summed E-state index contributed by atoms with van der Waals surface area (Å²) in [5.41, 5.74) is 14.0. The van der Waals surface area contributed by atoms with Gasteiger partial charge in [0.25, 0.3) is 0 Å². The van der Waals surface area contributed by atoms with Crippen molar-refractivity contribution in [2.75, 3.05) is 4.90 Å². The first kappa shape index (κ1) is 35.2. The van der Waals surface area contributed by atoms with Crippen molar-refractivity contribution < 1.29 is 0 Å². The molecular weight excluding hydrogens is 757 g/mol. The van der Waals surface area contributed by atoms with Crippen LogP contribution >= 0.6 is 11.3 Å². The molecule has 0 bridgehead atoms. The third-order valence-corrected chi connectivity index (χ3v) is 13.4. The Morgan fingerprint density at radius 1 is 0.328 bits per heavy atom. The molecule has 2 aromatic heterocycles. The van der Waals surface area contributed by atoms with Crippen molar-refractivity contribution in [2.45, 2.75) is 0 Å². The van der Waals surface area contributed by atoms with Gasteiger partial charge in [0.1, 0.15) is 0 Å². The van der Waals surface area contributed by atoms with Crippen LogP contribution in [0.5, 0.6) is 0 Å². The lowest BCUT2D eigenvalue weighted by atomic mass is 9.97. The van der Waals surface area contributed by atoms with Gasteiger partial charge >= 0.3 is 0 Å². The molecule has 12 rings (SSSR count). The number of anilines is 3. The molecule has 0 aliphatic heterocycles. The lowest BCUT2D eigenvalue weighted by Crippen LogP contribution is -2.11. The molecule has 0 radical (unpaired) electrons. The lowest BCUT2D eigenvalue weighted by Gasteiger charge is -2.28. The molecule has 0 aliphatic rings. The van der Waals surface area contributed by atoms with Crippen LogP contribution < -0.4 is 4.90 Å². The first-order valence-electron chi connectivity index (χ1n) is 20.8. The van der Waals surface area contributed by atoms with Crippen molar-refractivity contribution in [3.8, 4) is 39.1 Å². The highest BCUT2D eigenvalue weighted by Gasteiger charge is 2.20. The van der Waals surface area contributed by atoms with Crippen LogP contribution in [-0.4, -0.2) is 4.57 Å². The number of hydrogen-bond donors (Lipinski definition) is 0. The normalized spacial score (nSPS) is 11.6. The molecule has 12 aromatic rings. The number of hydrogen-bond acceptors (Lipinski definition) is 2. The average molecular weight is 795 g/mol. The summed E-state index contributed by atoms with van der Waals surface area (Å²) in [7, 11) is 0. The number of nitrogens with zero attached hydrogens (tertiary/aromatic N) is 2. The Kier molecular flexibility index (Phi) is 8.39. The molecule has 0 spiro atoms. The Balaban J connectivity index is 1.00. The molecule has 0 aliphatic carbocycles. The highest BCUT2D eigenvalue weighted by Crippen LogP contribution is 2.45. The van der Waals surface area contributed by atoms with E-state index in [2.05, 4.69) is 240 Å². The van der Waals surface area contributed by atoms with E-state index in [0.29, 0.717) is 0 Å². The summed E-state index contributed by atoms with van der Waals surface area (Å²) >= 11 is 1.86. The van der Waals surface area contributed by atoms with E-state index < -0.39 is 0 Å². The van der Waals surface area contributed by atoms with Gasteiger partial charge in [-0.3, -0.25) is 0 Å². The predicted octanol–water partition coefficient (Wildman–Crippen LogP) is 16.8. The van der Waals surface area contributed by atoms with E-state index in [4.69, 9.17) is 0 Å². The van der Waals surface area contributed by atoms with E-state index in [-0.39, 0.29) is 0 Å². The first-order chi connectivity index (χ1) is 30.3. The van der Waals surface area contributed by atoms with Gasteiger partial charge in [-0.2, -0.15) is 0 Å². The molecule has 286 valence electrons. The first-order valence-corrected chi connectivity index (χ1v) is 21.7. The SMILES string of the molecule is c1ccc(N(c2ccc(-c3ccccc3-n3c4ccccc4c4ccccc43)cc2)c2ccc(-c3cccc4ccccc34)cc2)c(-c2ccc3sc4ccccc4c3c2)c1. The Morgan fingerprint density at radius 3 is 1.57 bits per heavy atom. The minimum Gasteiger partial charge on any atom is -0.310 e. The molecule has 0 saturated carbocycles. The van der Waals surface area contributed by atoms with E-state index in [9.17, 15) is 0 Å². The summed E-state index contributed by atoms with van der Waals surface area (Å²) in [6.07, 6.45) is 0. The van der Waals surface area contributed by atoms with Crippen LogP contribution in [0.2, 0.25) is 0 Å². The third kappa shape index (κ3) is 5.93. The van der Waals surface area contributed by atoms with Gasteiger partial charge in [0, 0.05) is 53.4 Å². The summed E-state index contributed by atoms with van der Waals surface area (Å²) < 4.78 is 5.04. The maximum Gasteiger partial charge on any atom is 0.0541 e. The Morgan fingerprint density at radius 2 is 0.836 bits per heavy atom. The molecule has 61 heavy (non-hydrogen) atoms. The molecule has 0 fully saturated rings. The van der Waals surface area contributed by atoms with Gasteiger partial charge in [-0.05, 0) is 99.8 Å². The maximum absolute atomic E-state index is 2.42. The van der Waals surface area contributed by atoms with Gasteiger partial charge in [0.15, 0.2) is 0 Å². The molecule has 2 nitrogen and oxygen atoms in total. The molecule has 0 N–H and O–H groups in total. The maximum atomic E-state index is 2.42. The van der Waals surface area contributed by atoms with Crippen molar-refractivity contribution in [2.24, 2.45) is 0 Å². The van der Waals surface area contributed by atoms with Crippen LogP contribution in [0.4, 0.5) is 17.1 Å². The molecular formula is C58H38N2S. The molecule has 10 aromatic carbocycles. The molecule has 0 unspecified atom stereocenters. The number of aromatic nitrogens is 1. The zero-order chi connectivity index (χ0) is 40.3. The molecule has 2 heterocycles. The van der Waals surface area contributed by atoms with Gasteiger partial charge in [-0.1, -0.05) is 164 Å². The predicted molar refractivity (Wildman–Crippen MR) is 262 cm³/mol. The Hall–Kier alpha value is -7.72. The lowest BCUT2D eigenvalue weighted by molar-refractivity contribution is 1.18. The second kappa shape index (κ2) is 14.5. The van der Waals surface area contributed by atoms with E-state index in [1.165, 1.54) is 80.6 Å². The van der Waals surface area contributed by atoms with Gasteiger partial charge in [-0.25, -0.2) is 0 Å². The van der Waals surface area contributed by atoms with Gasteiger partial charge in [-0.15, -0.1) is 11.3 Å². The minimum absolute atomic E-state index is 1.09. The van der Waals surface area contributed by atoms with E-state index >= 15 is 0 Å². The van der Waals surface area contributed by atoms with Crippen LogP contribution in [0.25, 0.3) is 91.8 Å². The van der Waals surface area contributed by atoms with Crippen molar-refractivity contribution >= 4 is 81.1 Å². The van der Waals surface area contributed by atoms with E-state index in [0.717, 1.165) is 28.3 Å². The number of rotatable bonds is 7. The average Bonchev–Trinajstić information content (AvgIpc) is 3.88. The summed E-state index contributed by atoms with van der Waals surface area (Å²) in [5.74, 6) is 0. The summed E-state index contributed by atoms with van der Waals surface area (Å²) in [4.78, 5) is 2.42. The molecule has 0 saturated heterocycles. The Labute approximate surface area is 358 Å². The number of para-hydroxylation sites is 4. The second-order valence-corrected chi connectivity index (χ2v) is 16.8. The summed E-state index contributed by atoms with van der Waals surface area (Å²) in [6, 6.07) is 84.2. The number of thiophene rings is 1. The van der Waals surface area contributed by atoms with Crippen LogP contribution in [-0.2, 0) is 0 Å². The number of fused-ring (bicyclic) bond motifs is 7. The highest BCUT2D eigenvalue weighted by molar-refractivity contribution is 7.25. The monoisotopic (exact) mass is 794 g/mol. The molecule has 0 atom stereocenters. The number of benzene rings is 10. The van der Waals surface area contributed by atoms with Gasteiger partial charge in [0.05, 0.1) is 22.4 Å². The fourth-order valence-corrected chi connectivity index (χ4v) is 10.5. The van der Waals surface area contributed by atoms with Crippen molar-refractivity contribution in [3.05, 3.63) is 231 Å². The zero-order valence-corrected chi connectivity index (χ0v) is 34.1. The Bertz CT molecular complexity index is 3530. The fourth-order valence-electron chi connectivity index (χ4n) is 9.39. The van der Waals surface area contributed by atoms with Crippen LogP contribution in [0.15, 0.2) is 231 Å². The smallest absolute Gasteiger partial charge is 0.0541 e. The van der Waals surface area contributed by atoms with Crippen LogP contribution in [0.1, 0.15) is 0 Å². The van der Waals surface area contributed by atoms with Crippen LogP contribution in [0, 0.1) is 0 Å². The quantitative estimate of drug-likeness (QED) is 0.156. The molecule has 3 heteroatoms. The zero-order valence-electron chi connectivity index (χ0n) is 33.2. The highest BCUT2D eigenvalue weighted by atomic mass is 32.1. The molecule has 0 amide bonds. The summed E-state index contributed by atoms with van der Waals surface area (Å²) in [6.45, 7) is 0. The van der Waals surface area contributed by atoms with Crippen LogP contribution in [0.3, 0.4) is 0 Å². The largest absolute Gasteiger partial charge is 0.310 e. The van der Waals surface area contributed by atoms with Crippen molar-refractivity contribution in [3.63, 3.8) is 0 Å². The topological polar surface area (TPSA) is 8.17 Å². The second-order valence-electron chi connectivity index (χ2n) is 15.7. The van der Waals surface area contributed by atoms with Crippen molar-refractivity contribution in [1.29, 1.82) is 0 Å². The van der Waals surface area contributed by atoms with Crippen molar-refractivity contribution in [1.82, 2.24) is 4.57 Å². The summed E-state index contributed by atoms with van der Waals surface area (Å²) in [5, 5.41) is 7.62. The van der Waals surface area contributed by atoms with Gasteiger partial charge in [0.2, 0.25) is 0 Å².